The normalized spacial score (nSPS) is 13.5. The van der Waals surface area contributed by atoms with Crippen LogP contribution in [0.5, 0.6) is 0 Å². The Morgan fingerprint density at radius 1 is 1.21 bits per heavy atom. The van der Waals surface area contributed by atoms with Crippen LogP contribution in [0.3, 0.4) is 0 Å². The quantitative estimate of drug-likeness (QED) is 0.713. The monoisotopic (exact) mass is 399 g/mol. The van der Waals surface area contributed by atoms with Gasteiger partial charge >= 0.3 is 0 Å². The molecule has 1 aromatic heterocycles. The van der Waals surface area contributed by atoms with Crippen molar-refractivity contribution >= 4 is 34.5 Å². The highest BCUT2D eigenvalue weighted by Gasteiger charge is 2.28. The average Bonchev–Trinajstić information content (AvgIpc) is 3.29. The first kappa shape index (κ1) is 20.4. The fourth-order valence-corrected chi connectivity index (χ4v) is 3.80. The molecule has 2 amide bonds. The molecule has 3 rings (SSSR count). The van der Waals surface area contributed by atoms with Crippen LogP contribution in [-0.2, 0) is 11.3 Å². The second-order valence-electron chi connectivity index (χ2n) is 7.99. The Bertz CT molecular complexity index is 826. The summed E-state index contributed by atoms with van der Waals surface area (Å²) >= 11 is 1.48. The van der Waals surface area contributed by atoms with Crippen LogP contribution in [0.15, 0.2) is 35.7 Å². The molecule has 5 nitrogen and oxygen atoms in total. The van der Waals surface area contributed by atoms with Gasteiger partial charge < -0.3 is 15.1 Å². The summed E-state index contributed by atoms with van der Waals surface area (Å²) in [4.78, 5) is 29.9. The Balaban J connectivity index is 1.87. The second kappa shape index (κ2) is 8.78. The molecule has 1 aliphatic rings. The van der Waals surface area contributed by atoms with Crippen molar-refractivity contribution in [3.63, 3.8) is 0 Å². The first-order valence-corrected chi connectivity index (χ1v) is 10.7. The smallest absolute Gasteiger partial charge is 0.264 e. The van der Waals surface area contributed by atoms with Crippen LogP contribution in [0.2, 0.25) is 0 Å². The summed E-state index contributed by atoms with van der Waals surface area (Å²) in [5, 5.41) is 4.91. The van der Waals surface area contributed by atoms with E-state index in [1.165, 1.54) is 24.2 Å². The molecule has 1 aliphatic carbocycles. The zero-order chi connectivity index (χ0) is 20.3. The Labute approximate surface area is 171 Å². The summed E-state index contributed by atoms with van der Waals surface area (Å²) in [5.41, 5.74) is 2.87. The van der Waals surface area contributed by atoms with E-state index in [4.69, 9.17) is 0 Å². The van der Waals surface area contributed by atoms with Gasteiger partial charge in [-0.1, -0.05) is 19.9 Å². The van der Waals surface area contributed by atoms with Gasteiger partial charge in [-0.25, -0.2) is 0 Å². The van der Waals surface area contributed by atoms with Gasteiger partial charge in [-0.3, -0.25) is 9.59 Å². The molecule has 2 aromatic rings. The van der Waals surface area contributed by atoms with Gasteiger partial charge in [0.2, 0.25) is 5.91 Å². The number of rotatable bonds is 8. The molecule has 0 bridgehead atoms. The largest absolute Gasteiger partial charge is 0.377 e. The van der Waals surface area contributed by atoms with E-state index in [-0.39, 0.29) is 17.7 Å². The van der Waals surface area contributed by atoms with Crippen molar-refractivity contribution in [3.8, 4) is 0 Å². The fourth-order valence-electron chi connectivity index (χ4n) is 3.11. The van der Waals surface area contributed by atoms with Crippen molar-refractivity contribution < 1.29 is 9.59 Å². The number of benzene rings is 1. The predicted octanol–water partition coefficient (Wildman–Crippen LogP) is 4.46. The zero-order valence-corrected chi connectivity index (χ0v) is 17.9. The number of amides is 2. The highest BCUT2D eigenvalue weighted by Crippen LogP contribution is 2.32. The molecular weight excluding hydrogens is 370 g/mol. The summed E-state index contributed by atoms with van der Waals surface area (Å²) in [5.74, 6) is 0.607. The van der Waals surface area contributed by atoms with Crippen LogP contribution in [0, 0.1) is 11.8 Å². The molecule has 150 valence electrons. The average molecular weight is 400 g/mol. The minimum atomic E-state index is -0.0799. The first-order chi connectivity index (χ1) is 13.3. The number of hydrogen-bond donors (Lipinski definition) is 1. The number of carbonyl (C=O) groups is 2. The van der Waals surface area contributed by atoms with Crippen LogP contribution in [0.4, 0.5) is 11.4 Å². The van der Waals surface area contributed by atoms with E-state index in [0.29, 0.717) is 12.5 Å². The van der Waals surface area contributed by atoms with Crippen LogP contribution in [0.1, 0.15) is 41.9 Å². The SMILES string of the molecule is CC(C)C(=O)Nc1ccc(N(C)C)c(CN(CC2CC2)C(=O)c2cccs2)c1. The van der Waals surface area contributed by atoms with Crippen molar-refractivity contribution in [1.29, 1.82) is 0 Å². The first-order valence-electron chi connectivity index (χ1n) is 9.79. The molecule has 1 saturated carbocycles. The molecule has 28 heavy (non-hydrogen) atoms. The molecule has 6 heteroatoms. The van der Waals surface area contributed by atoms with Crippen LogP contribution < -0.4 is 10.2 Å². The minimum absolute atomic E-state index is 0.00643. The number of hydrogen-bond acceptors (Lipinski definition) is 4. The summed E-state index contributed by atoms with van der Waals surface area (Å²) < 4.78 is 0. The maximum Gasteiger partial charge on any atom is 0.264 e. The van der Waals surface area contributed by atoms with Crippen molar-refractivity contribution in [3.05, 3.63) is 46.2 Å². The van der Waals surface area contributed by atoms with Gasteiger partial charge in [0.05, 0.1) is 4.88 Å². The molecule has 0 atom stereocenters. The fraction of sp³-hybridized carbons (Fsp3) is 0.455. The third kappa shape index (κ3) is 5.13. The lowest BCUT2D eigenvalue weighted by Crippen LogP contribution is -2.32. The van der Waals surface area contributed by atoms with E-state index in [0.717, 1.165) is 28.4 Å². The lowest BCUT2D eigenvalue weighted by Gasteiger charge is -2.26. The van der Waals surface area contributed by atoms with Gasteiger partial charge in [-0.2, -0.15) is 0 Å². The highest BCUT2D eigenvalue weighted by atomic mass is 32.1. The third-order valence-electron chi connectivity index (χ3n) is 4.91. The van der Waals surface area contributed by atoms with Crippen molar-refractivity contribution in [2.24, 2.45) is 11.8 Å². The summed E-state index contributed by atoms with van der Waals surface area (Å²) in [7, 11) is 4.00. The Morgan fingerprint density at radius 2 is 1.96 bits per heavy atom. The Kier molecular flexibility index (Phi) is 6.39. The molecule has 0 spiro atoms. The lowest BCUT2D eigenvalue weighted by molar-refractivity contribution is -0.118. The van der Waals surface area contributed by atoms with E-state index in [9.17, 15) is 9.59 Å². The topological polar surface area (TPSA) is 52.7 Å². The number of nitrogens with one attached hydrogen (secondary N) is 1. The highest BCUT2D eigenvalue weighted by molar-refractivity contribution is 7.12. The van der Waals surface area contributed by atoms with Gasteiger partial charge in [0.15, 0.2) is 0 Å². The van der Waals surface area contributed by atoms with Gasteiger partial charge in [0.1, 0.15) is 0 Å². The molecule has 1 heterocycles. The van der Waals surface area contributed by atoms with Gasteiger partial charge in [-0.05, 0) is 54.0 Å². The van der Waals surface area contributed by atoms with Crippen LogP contribution in [0.25, 0.3) is 0 Å². The molecule has 0 aliphatic heterocycles. The van der Waals surface area contributed by atoms with Crippen LogP contribution >= 0.6 is 11.3 Å². The van der Waals surface area contributed by atoms with Gasteiger partial charge in [0, 0.05) is 44.5 Å². The van der Waals surface area contributed by atoms with E-state index < -0.39 is 0 Å². The second-order valence-corrected chi connectivity index (χ2v) is 8.94. The predicted molar refractivity (Wildman–Crippen MR) is 116 cm³/mol. The summed E-state index contributed by atoms with van der Waals surface area (Å²) in [6.07, 6.45) is 2.39. The minimum Gasteiger partial charge on any atom is -0.377 e. The zero-order valence-electron chi connectivity index (χ0n) is 17.1. The molecule has 0 unspecified atom stereocenters. The summed E-state index contributed by atoms with van der Waals surface area (Å²) in [6.45, 7) is 5.07. The van der Waals surface area contributed by atoms with Crippen LogP contribution in [-0.4, -0.2) is 37.4 Å². The number of nitrogens with zero attached hydrogens (tertiary/aromatic N) is 2. The maximum atomic E-state index is 13.1. The molecule has 0 saturated heterocycles. The molecule has 1 fully saturated rings. The van der Waals surface area contributed by atoms with E-state index in [1.807, 2.05) is 73.5 Å². The van der Waals surface area contributed by atoms with E-state index >= 15 is 0 Å². The Hall–Kier alpha value is -2.34. The number of anilines is 2. The van der Waals surface area contributed by atoms with E-state index in [1.54, 1.807) is 0 Å². The molecule has 1 N–H and O–H groups in total. The Morgan fingerprint density at radius 3 is 2.54 bits per heavy atom. The van der Waals surface area contributed by atoms with E-state index in [2.05, 4.69) is 5.32 Å². The lowest BCUT2D eigenvalue weighted by atomic mass is 10.1. The standard InChI is InChI=1S/C22H29N3O2S/c1-15(2)21(26)23-18-9-10-19(24(3)4)17(12-18)14-25(13-16-7-8-16)22(27)20-6-5-11-28-20/h5-6,9-12,15-16H,7-8,13-14H2,1-4H3,(H,23,26). The van der Waals surface area contributed by atoms with Crippen molar-refractivity contribution in [1.82, 2.24) is 4.90 Å². The molecular formula is C22H29N3O2S. The molecule has 1 aromatic carbocycles. The van der Waals surface area contributed by atoms with Gasteiger partial charge in [0.25, 0.3) is 5.91 Å². The maximum absolute atomic E-state index is 13.1. The number of thiophene rings is 1. The van der Waals surface area contributed by atoms with Crippen molar-refractivity contribution in [2.45, 2.75) is 33.2 Å². The third-order valence-corrected chi connectivity index (χ3v) is 5.77. The number of carbonyl (C=O) groups excluding carboxylic acids is 2. The van der Waals surface area contributed by atoms with Gasteiger partial charge in [-0.15, -0.1) is 11.3 Å². The molecule has 0 radical (unpaired) electrons. The van der Waals surface area contributed by atoms with Crippen molar-refractivity contribution in [2.75, 3.05) is 30.9 Å². The summed E-state index contributed by atoms with van der Waals surface area (Å²) in [6, 6.07) is 9.73.